The minimum absolute atomic E-state index is 0.119. The van der Waals surface area contributed by atoms with E-state index in [1.54, 1.807) is 103 Å². The topological polar surface area (TPSA) is 259 Å². The molecule has 2 aliphatic rings. The van der Waals surface area contributed by atoms with E-state index in [1.807, 2.05) is 125 Å². The summed E-state index contributed by atoms with van der Waals surface area (Å²) in [7, 11) is -19.8. The Morgan fingerprint density at radius 2 is 0.645 bits per heavy atom. The molecule has 2 aliphatic carbocycles. The number of nitrogens with zero attached hydrogens (tertiary/aromatic N) is 2. The van der Waals surface area contributed by atoms with Crippen molar-refractivity contribution in [2.24, 2.45) is 0 Å². The lowest BCUT2D eigenvalue weighted by molar-refractivity contribution is 0.412. The van der Waals surface area contributed by atoms with Crippen LogP contribution < -0.4 is 18.9 Å². The summed E-state index contributed by atoms with van der Waals surface area (Å²) in [6.45, 7) is 23.9. The maximum Gasteiger partial charge on any atom is 0.243 e. The van der Waals surface area contributed by atoms with Crippen LogP contribution in [0.15, 0.2) is 181 Å². The van der Waals surface area contributed by atoms with Crippen LogP contribution in [-0.4, -0.2) is 110 Å². The van der Waals surface area contributed by atoms with E-state index in [4.69, 9.17) is 0 Å². The van der Waals surface area contributed by atoms with E-state index in [-0.39, 0.29) is 12.1 Å². The molecule has 0 bridgehead atoms. The Bertz CT molecular complexity index is 3820. The smallest absolute Gasteiger partial charge is 0.211 e. The molecule has 93 heavy (non-hydrogen) atoms. The third-order valence-corrected chi connectivity index (χ3v) is 25.8. The van der Waals surface area contributed by atoms with Crippen molar-refractivity contribution in [3.63, 3.8) is 0 Å². The van der Waals surface area contributed by atoms with Gasteiger partial charge in [-0.3, -0.25) is 0 Å². The molecule has 24 heteroatoms. The Kier molecular flexibility index (Phi) is 36.2. The number of unbranched alkanes of at least 4 members (excludes halogenated alkanes) is 2. The molecule has 0 amide bonds. The Balaban J connectivity index is 0.000000292. The van der Waals surface area contributed by atoms with E-state index in [0.29, 0.717) is 68.6 Å². The number of hydrogen-bond acceptors (Lipinski definition) is 12. The minimum Gasteiger partial charge on any atom is -0.211 e. The molecule has 0 aliphatic heterocycles. The van der Waals surface area contributed by atoms with Crippen molar-refractivity contribution in [2.45, 2.75) is 208 Å². The van der Waals surface area contributed by atoms with E-state index >= 15 is 0 Å². The zero-order chi connectivity index (χ0) is 69.3. The molecule has 2 saturated carbocycles. The van der Waals surface area contributed by atoms with Gasteiger partial charge in [0.2, 0.25) is 60.1 Å². The number of benzene rings is 6. The fraction of sp³-hybridized carbons (Fsp3) is 0.478. The van der Waals surface area contributed by atoms with Crippen LogP contribution in [0.2, 0.25) is 0 Å². The summed E-state index contributed by atoms with van der Waals surface area (Å²) in [6, 6.07) is 43.6. The molecule has 6 aromatic carbocycles. The average Bonchev–Trinajstić information content (AvgIpc) is 1.03. The molecular formula is C69H104N6O12S6. The van der Waals surface area contributed by atoms with Gasteiger partial charge in [0.1, 0.15) is 0 Å². The molecule has 6 aromatic rings. The first-order chi connectivity index (χ1) is 44.0. The van der Waals surface area contributed by atoms with Crippen molar-refractivity contribution in [3.8, 4) is 0 Å². The second-order valence-corrected chi connectivity index (χ2v) is 33.7. The van der Waals surface area contributed by atoms with Crippen molar-refractivity contribution >= 4 is 60.1 Å². The lowest BCUT2D eigenvalue weighted by atomic mass is 9.96. The normalized spacial score (nSPS) is 14.1. The summed E-state index contributed by atoms with van der Waals surface area (Å²) in [5.74, 6) is 0. The van der Waals surface area contributed by atoms with Crippen molar-refractivity contribution in [1.82, 2.24) is 27.5 Å². The van der Waals surface area contributed by atoms with Crippen LogP contribution in [0.5, 0.6) is 0 Å². The van der Waals surface area contributed by atoms with Crippen molar-refractivity contribution in [2.75, 3.05) is 39.3 Å². The van der Waals surface area contributed by atoms with Gasteiger partial charge < -0.3 is 0 Å². The molecule has 18 nitrogen and oxygen atoms in total. The summed E-state index contributed by atoms with van der Waals surface area (Å²) in [6.07, 6.45) is 14.5. The summed E-state index contributed by atoms with van der Waals surface area (Å²) in [5.41, 5.74) is 4.79. The Hall–Kier alpha value is -5.22. The van der Waals surface area contributed by atoms with Gasteiger partial charge in [-0.05, 0) is 145 Å². The van der Waals surface area contributed by atoms with Crippen molar-refractivity contribution in [1.29, 1.82) is 0 Å². The Morgan fingerprint density at radius 1 is 0.333 bits per heavy atom. The quantitative estimate of drug-likeness (QED) is 0.0413. The van der Waals surface area contributed by atoms with Crippen molar-refractivity contribution < 1.29 is 50.5 Å². The third-order valence-electron chi connectivity index (χ3n) is 15.4. The first-order valence-electron chi connectivity index (χ1n) is 32.4. The fourth-order valence-electron chi connectivity index (χ4n) is 9.81. The number of aryl methyl sites for hydroxylation is 5. The molecule has 0 unspecified atom stereocenters. The van der Waals surface area contributed by atoms with Gasteiger partial charge in [0, 0.05) is 51.4 Å². The molecule has 0 spiro atoms. The monoisotopic (exact) mass is 1400 g/mol. The molecule has 0 radical (unpaired) electrons. The standard InChI is InChI=1S/2C13H19NO2S.3C11H17NO2S.C10H15NO2S/c1-11-7-5-6-10-13(11)17(15,16)14-12-8-3-2-4-9-12;1-11-7-9-13(10-8-11)17(15,16)14-12-5-3-2-4-6-12;1-4-12(5-2)15(13,14)11-8-6-10(3)7-9-11;1-4-12(5-2)15(13,14)11-9-7-6-8-10(11)3;1-3-4-9-12-15(13,14)11-7-5-10(2)6-8-11;1-2-3-9-11-14(12,13)10-7-5-4-6-8-10/h5-7,10,12,14H,2-4,8-9H2,1H3;7-10,12,14H,2-6H2,1H3;2*6-9H,4-5H2,1-3H3;5-8,12H,3-4,9H2,1-2H3;4-8,11H,2-3,9H2,1H3. The van der Waals surface area contributed by atoms with Gasteiger partial charge in [0.15, 0.2) is 0 Å². The first kappa shape index (κ1) is 82.0. The summed E-state index contributed by atoms with van der Waals surface area (Å²) < 4.78 is 157. The molecular weight excluding hydrogens is 1300 g/mol. The highest BCUT2D eigenvalue weighted by atomic mass is 32.2. The molecule has 0 heterocycles. The Labute approximate surface area is 560 Å². The number of hydrogen-bond donors (Lipinski definition) is 4. The predicted molar refractivity (Wildman–Crippen MR) is 377 cm³/mol. The van der Waals surface area contributed by atoms with Crippen molar-refractivity contribution in [3.05, 3.63) is 179 Å². The zero-order valence-corrected chi connectivity index (χ0v) is 61.4. The minimum atomic E-state index is -3.34. The van der Waals surface area contributed by atoms with Crippen LogP contribution in [0.3, 0.4) is 0 Å². The highest BCUT2D eigenvalue weighted by Gasteiger charge is 2.26. The molecule has 0 atom stereocenters. The first-order valence-corrected chi connectivity index (χ1v) is 41.2. The van der Waals surface area contributed by atoms with E-state index in [0.717, 1.165) is 105 Å². The number of sulfonamides is 6. The molecule has 4 N–H and O–H groups in total. The van der Waals surface area contributed by atoms with E-state index in [2.05, 4.69) is 18.9 Å². The fourth-order valence-corrected chi connectivity index (χ4v) is 18.0. The molecule has 2 fully saturated rings. The number of rotatable bonds is 24. The molecule has 8 rings (SSSR count). The summed E-state index contributed by atoms with van der Waals surface area (Å²) in [4.78, 5) is 2.23. The van der Waals surface area contributed by atoms with Gasteiger partial charge in [0.25, 0.3) is 0 Å². The van der Waals surface area contributed by atoms with Crippen LogP contribution in [-0.2, 0) is 60.1 Å². The second-order valence-electron chi connectivity index (χ2n) is 22.9. The van der Waals surface area contributed by atoms with Crippen LogP contribution in [0.25, 0.3) is 0 Å². The van der Waals surface area contributed by atoms with Crippen LogP contribution in [0.1, 0.15) is 159 Å². The van der Waals surface area contributed by atoms with Gasteiger partial charge in [-0.2, -0.15) is 8.61 Å². The van der Waals surface area contributed by atoms with Gasteiger partial charge in [0.05, 0.1) is 29.4 Å². The SMILES string of the molecule is CCCCNS(=O)(=O)c1ccc(C)cc1.CCCCNS(=O)(=O)c1ccccc1.CCN(CC)S(=O)(=O)c1ccc(C)cc1.CCN(CC)S(=O)(=O)c1ccccc1C.Cc1ccc(S(=O)(=O)NC2CCCCC2)cc1.Cc1ccccc1S(=O)(=O)NC1CCCCC1. The number of nitrogens with one attached hydrogen (secondary N) is 4. The van der Waals surface area contributed by atoms with E-state index in [1.165, 1.54) is 21.5 Å². The highest BCUT2D eigenvalue weighted by Crippen LogP contribution is 2.24. The van der Waals surface area contributed by atoms with Gasteiger partial charge in [-0.15, -0.1) is 0 Å². The van der Waals surface area contributed by atoms with Crippen LogP contribution in [0, 0.1) is 34.6 Å². The lowest BCUT2D eigenvalue weighted by Crippen LogP contribution is -2.36. The highest BCUT2D eigenvalue weighted by molar-refractivity contribution is 7.90. The summed E-state index contributed by atoms with van der Waals surface area (Å²) in [5, 5.41) is 0. The molecule has 0 saturated heterocycles. The van der Waals surface area contributed by atoms with Gasteiger partial charge in [-0.25, -0.2) is 69.4 Å². The maximum atomic E-state index is 12.2. The lowest BCUT2D eigenvalue weighted by Gasteiger charge is -2.23. The third kappa shape index (κ3) is 28.2. The second kappa shape index (κ2) is 41.0. The van der Waals surface area contributed by atoms with E-state index in [9.17, 15) is 50.5 Å². The van der Waals surface area contributed by atoms with Gasteiger partial charge >= 0.3 is 0 Å². The van der Waals surface area contributed by atoms with E-state index < -0.39 is 60.1 Å². The zero-order valence-electron chi connectivity index (χ0n) is 56.5. The maximum absolute atomic E-state index is 12.2. The predicted octanol–water partition coefficient (Wildman–Crippen LogP) is 13.1. The van der Waals surface area contributed by atoms with Crippen LogP contribution in [0.4, 0.5) is 0 Å². The van der Waals surface area contributed by atoms with Crippen LogP contribution >= 0.6 is 0 Å². The molecule has 518 valence electrons. The molecule has 0 aromatic heterocycles. The largest absolute Gasteiger partial charge is 0.243 e. The van der Waals surface area contributed by atoms with Gasteiger partial charge in [-0.1, -0.05) is 201 Å². The Morgan fingerprint density at radius 3 is 1.01 bits per heavy atom. The summed E-state index contributed by atoms with van der Waals surface area (Å²) >= 11 is 0. The average molecular weight is 1400 g/mol.